The van der Waals surface area contributed by atoms with Crippen LogP contribution in [-0.2, 0) is 6.42 Å². The van der Waals surface area contributed by atoms with E-state index in [0.29, 0.717) is 5.02 Å². The van der Waals surface area contributed by atoms with E-state index >= 15 is 0 Å². The van der Waals surface area contributed by atoms with E-state index in [-0.39, 0.29) is 12.1 Å². The van der Waals surface area contributed by atoms with Crippen LogP contribution in [0.5, 0.6) is 5.75 Å². The average molecular weight is 404 g/mol. The third kappa shape index (κ3) is 4.24. The largest absolute Gasteiger partial charge is 0.487 e. The van der Waals surface area contributed by atoms with Gasteiger partial charge in [0, 0.05) is 27.4 Å². The minimum absolute atomic E-state index is 0.0779. The first-order chi connectivity index (χ1) is 13.0. The van der Waals surface area contributed by atoms with Gasteiger partial charge >= 0.3 is 0 Å². The van der Waals surface area contributed by atoms with Crippen molar-refractivity contribution >= 4 is 29.0 Å². The van der Waals surface area contributed by atoms with Crippen molar-refractivity contribution in [3.63, 3.8) is 0 Å². The highest BCUT2D eigenvalue weighted by atomic mass is 35.5. The second-order valence-corrected chi connectivity index (χ2v) is 9.44. The van der Waals surface area contributed by atoms with E-state index in [1.165, 1.54) is 20.9 Å². The van der Waals surface area contributed by atoms with Crippen LogP contribution in [0.15, 0.2) is 29.8 Å². The monoisotopic (exact) mass is 403 g/mol. The topological polar surface area (TPSA) is 41.5 Å². The maximum atomic E-state index is 10.7. The molecule has 1 aromatic carbocycles. The van der Waals surface area contributed by atoms with E-state index < -0.39 is 6.10 Å². The lowest BCUT2D eigenvalue weighted by Crippen LogP contribution is -2.42. The Labute approximate surface area is 170 Å². The molecular weight excluding hydrogens is 378 g/mol. The van der Waals surface area contributed by atoms with Crippen LogP contribution in [0.1, 0.15) is 40.1 Å². The zero-order valence-corrected chi connectivity index (χ0v) is 17.4. The van der Waals surface area contributed by atoms with Crippen molar-refractivity contribution in [2.24, 2.45) is 0 Å². The highest BCUT2D eigenvalue weighted by Gasteiger charge is 2.36. The lowest BCUT2D eigenvalue weighted by Gasteiger charge is -2.23. The second kappa shape index (κ2) is 7.96. The van der Waals surface area contributed by atoms with Crippen molar-refractivity contribution in [2.75, 3.05) is 6.54 Å². The maximum Gasteiger partial charge on any atom is 0.126 e. The Bertz CT molecular complexity index is 860. The van der Waals surface area contributed by atoms with Crippen LogP contribution in [0.25, 0.3) is 6.08 Å². The quantitative estimate of drug-likeness (QED) is 0.745. The SMILES string of the molecule is Cc1cc2c(s1)CCC(CNC1CCC(Oc3ccc(Cl)cc3C)C1O)=C2. The molecule has 3 unspecified atom stereocenters. The van der Waals surface area contributed by atoms with Gasteiger partial charge in [-0.2, -0.15) is 0 Å². The van der Waals surface area contributed by atoms with Gasteiger partial charge in [0.05, 0.1) is 0 Å². The van der Waals surface area contributed by atoms with Crippen molar-refractivity contribution in [3.05, 3.63) is 55.7 Å². The number of aryl methyl sites for hydroxylation is 3. The molecule has 144 valence electrons. The third-order valence-electron chi connectivity index (χ3n) is 5.56. The molecule has 1 saturated carbocycles. The minimum atomic E-state index is -0.497. The highest BCUT2D eigenvalue weighted by Crippen LogP contribution is 2.32. The first-order valence-corrected chi connectivity index (χ1v) is 10.8. The summed E-state index contributed by atoms with van der Waals surface area (Å²) in [5.74, 6) is 0.805. The van der Waals surface area contributed by atoms with Crippen molar-refractivity contribution in [1.29, 1.82) is 0 Å². The standard InChI is InChI=1S/C22H26ClNO2S/c1-13-9-17(23)4-6-19(13)26-20-7-5-18(22(20)25)24-12-15-3-8-21-16(11-15)10-14(2)27-21/h4,6,9-11,18,20,22,24-25H,3,5,7-8,12H2,1-2H3. The van der Waals surface area contributed by atoms with Gasteiger partial charge in [-0.15, -0.1) is 11.3 Å². The molecule has 3 nitrogen and oxygen atoms in total. The first kappa shape index (κ1) is 19.0. The number of ether oxygens (including phenoxy) is 1. The molecule has 0 radical (unpaired) electrons. The second-order valence-electron chi connectivity index (χ2n) is 7.66. The van der Waals surface area contributed by atoms with Gasteiger partial charge in [0.2, 0.25) is 0 Å². The van der Waals surface area contributed by atoms with Crippen LogP contribution in [0.3, 0.4) is 0 Å². The van der Waals surface area contributed by atoms with Crippen LogP contribution in [0.4, 0.5) is 0 Å². The van der Waals surface area contributed by atoms with E-state index in [0.717, 1.165) is 43.5 Å². The smallest absolute Gasteiger partial charge is 0.126 e. The van der Waals surface area contributed by atoms with Crippen LogP contribution in [0, 0.1) is 13.8 Å². The summed E-state index contributed by atoms with van der Waals surface area (Å²) < 4.78 is 6.08. The van der Waals surface area contributed by atoms with Gasteiger partial charge in [-0.1, -0.05) is 23.3 Å². The molecule has 0 amide bonds. The van der Waals surface area contributed by atoms with Crippen molar-refractivity contribution < 1.29 is 9.84 Å². The molecular formula is C22H26ClNO2S. The Morgan fingerprint density at radius 2 is 2.07 bits per heavy atom. The molecule has 2 aliphatic carbocycles. The molecule has 3 atom stereocenters. The summed E-state index contributed by atoms with van der Waals surface area (Å²) in [6.07, 6.45) is 5.67. The number of thiophene rings is 1. The normalized spacial score (nSPS) is 24.6. The van der Waals surface area contributed by atoms with Gasteiger partial charge in [0.15, 0.2) is 0 Å². The Morgan fingerprint density at radius 3 is 2.89 bits per heavy atom. The first-order valence-electron chi connectivity index (χ1n) is 9.62. The molecule has 1 aromatic heterocycles. The van der Waals surface area contributed by atoms with E-state index in [2.05, 4.69) is 24.4 Å². The molecule has 0 spiro atoms. The summed E-state index contributed by atoms with van der Waals surface area (Å²) in [7, 11) is 0. The number of halogens is 1. The Kier molecular flexibility index (Phi) is 5.60. The van der Waals surface area contributed by atoms with E-state index in [4.69, 9.17) is 16.3 Å². The summed E-state index contributed by atoms with van der Waals surface area (Å²) in [6.45, 7) is 4.99. The zero-order chi connectivity index (χ0) is 19.0. The predicted molar refractivity (Wildman–Crippen MR) is 113 cm³/mol. The Morgan fingerprint density at radius 1 is 1.22 bits per heavy atom. The molecule has 1 heterocycles. The summed E-state index contributed by atoms with van der Waals surface area (Å²) in [4.78, 5) is 2.89. The number of rotatable bonds is 5. The molecule has 0 bridgehead atoms. The van der Waals surface area contributed by atoms with Crippen molar-refractivity contribution in [2.45, 2.75) is 57.8 Å². The van der Waals surface area contributed by atoms with Crippen molar-refractivity contribution in [1.82, 2.24) is 5.32 Å². The molecule has 27 heavy (non-hydrogen) atoms. The molecule has 2 aromatic rings. The Hall–Kier alpha value is -1.33. The van der Waals surface area contributed by atoms with Crippen LogP contribution in [0.2, 0.25) is 5.02 Å². The average Bonchev–Trinajstić information content (AvgIpc) is 3.17. The maximum absolute atomic E-state index is 10.7. The fourth-order valence-corrected chi connectivity index (χ4v) is 5.31. The van der Waals surface area contributed by atoms with Gasteiger partial charge in [-0.3, -0.25) is 0 Å². The number of fused-ring (bicyclic) bond motifs is 1. The summed E-state index contributed by atoms with van der Waals surface area (Å²) in [6, 6.07) is 7.97. The Balaban J connectivity index is 1.34. The molecule has 4 rings (SSSR count). The predicted octanol–water partition coefficient (Wildman–Crippen LogP) is 4.91. The lowest BCUT2D eigenvalue weighted by molar-refractivity contribution is 0.0455. The van der Waals surface area contributed by atoms with E-state index in [1.807, 2.05) is 36.5 Å². The minimum Gasteiger partial charge on any atom is -0.487 e. The third-order valence-corrected chi connectivity index (χ3v) is 6.92. The van der Waals surface area contributed by atoms with Gasteiger partial charge in [-0.25, -0.2) is 0 Å². The van der Waals surface area contributed by atoms with E-state index in [9.17, 15) is 5.11 Å². The molecule has 1 fully saturated rings. The molecule has 0 saturated heterocycles. The molecule has 0 aliphatic heterocycles. The number of benzene rings is 1. The summed E-state index contributed by atoms with van der Waals surface area (Å²) >= 11 is 7.92. The summed E-state index contributed by atoms with van der Waals surface area (Å²) in [5.41, 5.74) is 3.80. The lowest BCUT2D eigenvalue weighted by atomic mass is 9.98. The van der Waals surface area contributed by atoms with Crippen molar-refractivity contribution in [3.8, 4) is 5.75 Å². The van der Waals surface area contributed by atoms with Gasteiger partial charge in [-0.05, 0) is 74.9 Å². The fraction of sp³-hybridized carbons (Fsp3) is 0.455. The number of hydrogen-bond donors (Lipinski definition) is 2. The van der Waals surface area contributed by atoms with Gasteiger partial charge in [0.1, 0.15) is 18.0 Å². The highest BCUT2D eigenvalue weighted by molar-refractivity contribution is 7.12. The zero-order valence-electron chi connectivity index (χ0n) is 15.8. The molecule has 2 aliphatic rings. The van der Waals surface area contributed by atoms with Crippen LogP contribution in [-0.4, -0.2) is 29.9 Å². The number of hydrogen-bond acceptors (Lipinski definition) is 4. The molecule has 2 N–H and O–H groups in total. The van der Waals surface area contributed by atoms with E-state index in [1.54, 1.807) is 0 Å². The van der Waals surface area contributed by atoms with Crippen LogP contribution < -0.4 is 10.1 Å². The fourth-order valence-electron chi connectivity index (χ4n) is 4.07. The number of aliphatic hydroxyl groups excluding tert-OH is 1. The van der Waals surface area contributed by atoms with Crippen LogP contribution >= 0.6 is 22.9 Å². The number of aliphatic hydroxyl groups is 1. The molecule has 5 heteroatoms. The number of nitrogens with one attached hydrogen (secondary N) is 1. The summed E-state index contributed by atoms with van der Waals surface area (Å²) in [5, 5.41) is 15.0. The van der Waals surface area contributed by atoms with Gasteiger partial charge < -0.3 is 15.2 Å². The van der Waals surface area contributed by atoms with Gasteiger partial charge in [0.25, 0.3) is 0 Å².